The number of nitrogens with zero attached hydrogens (tertiary/aromatic N) is 2. The van der Waals surface area contributed by atoms with Crippen molar-refractivity contribution in [3.63, 3.8) is 0 Å². The number of ether oxygens (including phenoxy) is 1. The first-order valence-electron chi connectivity index (χ1n) is 5.02. The Balaban J connectivity index is 2.24. The zero-order chi connectivity index (χ0) is 11.4. The van der Waals surface area contributed by atoms with Crippen molar-refractivity contribution >= 4 is 22.6 Å². The molecule has 0 spiro atoms. The molecule has 0 aliphatic heterocycles. The second kappa shape index (κ2) is 5.25. The summed E-state index contributed by atoms with van der Waals surface area (Å²) in [5, 5.41) is 0. The molecule has 0 saturated carbocycles. The van der Waals surface area contributed by atoms with E-state index in [4.69, 9.17) is 4.74 Å². The summed E-state index contributed by atoms with van der Waals surface area (Å²) in [6.07, 6.45) is 4.21. The Bertz CT molecular complexity index is 488. The van der Waals surface area contributed by atoms with Crippen molar-refractivity contribution in [2.45, 2.75) is 13.3 Å². The van der Waals surface area contributed by atoms with Crippen LogP contribution in [0.25, 0.3) is 0 Å². The molecule has 0 amide bonds. The van der Waals surface area contributed by atoms with Crippen LogP contribution in [0.4, 0.5) is 0 Å². The molecule has 2 rings (SSSR count). The van der Waals surface area contributed by atoms with E-state index < -0.39 is 0 Å². The van der Waals surface area contributed by atoms with Gasteiger partial charge in [-0.3, -0.25) is 0 Å². The largest absolute Gasteiger partial charge is 0.438 e. The Hall–Kier alpha value is -1.17. The molecule has 0 radical (unpaired) electrons. The summed E-state index contributed by atoms with van der Waals surface area (Å²) in [4.78, 5) is 8.01. The summed E-state index contributed by atoms with van der Waals surface area (Å²) in [5.74, 6) is 1.42. The normalized spacial score (nSPS) is 10.1. The molecule has 0 aliphatic rings. The number of hydrogen-bond donors (Lipinski definition) is 0. The smallest absolute Gasteiger partial charge is 0.235 e. The minimum absolute atomic E-state index is 0.601. The molecular weight excluding hydrogens is 315 g/mol. The minimum Gasteiger partial charge on any atom is -0.438 e. The zero-order valence-corrected chi connectivity index (χ0v) is 11.0. The van der Waals surface area contributed by atoms with E-state index >= 15 is 0 Å². The van der Waals surface area contributed by atoms with Crippen LogP contribution in [0.3, 0.4) is 0 Å². The lowest BCUT2D eigenvalue weighted by molar-refractivity contribution is 0.457. The Kier molecular flexibility index (Phi) is 3.71. The molecule has 1 aromatic heterocycles. The van der Waals surface area contributed by atoms with Crippen molar-refractivity contribution in [1.82, 2.24) is 9.97 Å². The lowest BCUT2D eigenvalue weighted by Gasteiger charge is -2.06. The Morgan fingerprint density at radius 1 is 1.38 bits per heavy atom. The molecule has 0 N–H and O–H groups in total. The fraction of sp³-hybridized carbons (Fsp3) is 0.167. The van der Waals surface area contributed by atoms with Gasteiger partial charge in [-0.25, -0.2) is 9.97 Å². The third-order valence-corrected chi connectivity index (χ3v) is 2.90. The maximum atomic E-state index is 5.69. The van der Waals surface area contributed by atoms with Gasteiger partial charge in [0.2, 0.25) is 5.88 Å². The van der Waals surface area contributed by atoms with Crippen LogP contribution >= 0.6 is 22.6 Å². The quantitative estimate of drug-likeness (QED) is 0.811. The van der Waals surface area contributed by atoms with Gasteiger partial charge in [0.15, 0.2) is 0 Å². The van der Waals surface area contributed by atoms with Gasteiger partial charge in [-0.15, -0.1) is 0 Å². The van der Waals surface area contributed by atoms with Crippen molar-refractivity contribution in [2.24, 2.45) is 0 Å². The maximum absolute atomic E-state index is 5.69. The first kappa shape index (κ1) is 11.3. The lowest BCUT2D eigenvalue weighted by Crippen LogP contribution is -1.92. The molecular formula is C12H11IN2O. The number of aromatic nitrogens is 2. The van der Waals surface area contributed by atoms with E-state index in [1.807, 2.05) is 18.2 Å². The van der Waals surface area contributed by atoms with E-state index in [9.17, 15) is 0 Å². The van der Waals surface area contributed by atoms with Crippen molar-refractivity contribution in [3.8, 4) is 11.6 Å². The van der Waals surface area contributed by atoms with Gasteiger partial charge in [0.05, 0.1) is 3.57 Å². The molecule has 3 nitrogen and oxygen atoms in total. The molecule has 0 aliphatic carbocycles. The van der Waals surface area contributed by atoms with Gasteiger partial charge in [0, 0.05) is 6.20 Å². The predicted molar refractivity (Wildman–Crippen MR) is 70.6 cm³/mol. The van der Waals surface area contributed by atoms with Crippen LogP contribution in [-0.2, 0) is 6.42 Å². The molecule has 16 heavy (non-hydrogen) atoms. The highest BCUT2D eigenvalue weighted by Crippen LogP contribution is 2.24. The van der Waals surface area contributed by atoms with Gasteiger partial charge in [0.1, 0.15) is 12.1 Å². The second-order valence-electron chi connectivity index (χ2n) is 3.28. The zero-order valence-electron chi connectivity index (χ0n) is 8.85. The van der Waals surface area contributed by atoms with E-state index in [2.05, 4.69) is 45.5 Å². The van der Waals surface area contributed by atoms with Crippen LogP contribution in [0.2, 0.25) is 0 Å². The predicted octanol–water partition coefficient (Wildman–Crippen LogP) is 3.44. The number of aryl methyl sites for hydroxylation is 1. The third-order valence-electron chi connectivity index (χ3n) is 2.16. The maximum Gasteiger partial charge on any atom is 0.235 e. The molecule has 82 valence electrons. The van der Waals surface area contributed by atoms with Crippen LogP contribution < -0.4 is 4.74 Å². The third kappa shape index (κ3) is 2.69. The molecule has 0 fully saturated rings. The summed E-state index contributed by atoms with van der Waals surface area (Å²) in [6.45, 7) is 2.12. The average Bonchev–Trinajstić information content (AvgIpc) is 2.32. The number of hydrogen-bond acceptors (Lipinski definition) is 3. The monoisotopic (exact) mass is 326 g/mol. The SMILES string of the molecule is CCc1cccc(Oc2ncncc2I)c1. The van der Waals surface area contributed by atoms with Crippen LogP contribution in [0.1, 0.15) is 12.5 Å². The van der Waals surface area contributed by atoms with Gasteiger partial charge >= 0.3 is 0 Å². The highest BCUT2D eigenvalue weighted by Gasteiger charge is 2.03. The van der Waals surface area contributed by atoms with E-state index in [0.29, 0.717) is 5.88 Å². The highest BCUT2D eigenvalue weighted by molar-refractivity contribution is 14.1. The van der Waals surface area contributed by atoms with Crippen LogP contribution in [0.15, 0.2) is 36.8 Å². The fourth-order valence-electron chi connectivity index (χ4n) is 1.32. The van der Waals surface area contributed by atoms with E-state index in [0.717, 1.165) is 15.7 Å². The highest BCUT2D eigenvalue weighted by atomic mass is 127. The van der Waals surface area contributed by atoms with Crippen LogP contribution in [0.5, 0.6) is 11.6 Å². The first-order valence-corrected chi connectivity index (χ1v) is 6.09. The van der Waals surface area contributed by atoms with Gasteiger partial charge in [0.25, 0.3) is 0 Å². The van der Waals surface area contributed by atoms with Gasteiger partial charge < -0.3 is 4.74 Å². The molecule has 1 aromatic carbocycles. The first-order chi connectivity index (χ1) is 7.79. The van der Waals surface area contributed by atoms with E-state index in [1.54, 1.807) is 6.20 Å². The average molecular weight is 326 g/mol. The number of benzene rings is 1. The molecule has 4 heteroatoms. The summed E-state index contributed by atoms with van der Waals surface area (Å²) < 4.78 is 6.60. The second-order valence-corrected chi connectivity index (χ2v) is 4.44. The Labute approximate surface area is 108 Å². The summed E-state index contributed by atoms with van der Waals surface area (Å²) >= 11 is 2.16. The van der Waals surface area contributed by atoms with E-state index in [1.165, 1.54) is 11.9 Å². The molecule has 2 aromatic rings. The standard InChI is InChI=1S/C12H11IN2O/c1-2-9-4-3-5-10(6-9)16-12-11(13)7-14-8-15-12/h3-8H,2H2,1H3. The number of halogens is 1. The molecule has 0 unspecified atom stereocenters. The molecule has 0 saturated heterocycles. The van der Waals surface area contributed by atoms with E-state index in [-0.39, 0.29) is 0 Å². The summed E-state index contributed by atoms with van der Waals surface area (Å²) in [6, 6.07) is 8.02. The van der Waals surface area contributed by atoms with Gasteiger partial charge in [-0.1, -0.05) is 19.1 Å². The minimum atomic E-state index is 0.601. The Morgan fingerprint density at radius 2 is 2.25 bits per heavy atom. The topological polar surface area (TPSA) is 35.0 Å². The summed E-state index contributed by atoms with van der Waals surface area (Å²) in [7, 11) is 0. The lowest BCUT2D eigenvalue weighted by atomic mass is 10.2. The van der Waals surface area contributed by atoms with Crippen molar-refractivity contribution in [2.75, 3.05) is 0 Å². The van der Waals surface area contributed by atoms with Crippen LogP contribution in [-0.4, -0.2) is 9.97 Å². The molecule has 0 bridgehead atoms. The van der Waals surface area contributed by atoms with Crippen molar-refractivity contribution in [1.29, 1.82) is 0 Å². The molecule has 0 atom stereocenters. The molecule has 1 heterocycles. The number of rotatable bonds is 3. The Morgan fingerprint density at radius 3 is 3.00 bits per heavy atom. The van der Waals surface area contributed by atoms with Crippen molar-refractivity contribution < 1.29 is 4.74 Å². The fourth-order valence-corrected chi connectivity index (χ4v) is 1.73. The van der Waals surface area contributed by atoms with Crippen LogP contribution in [0, 0.1) is 3.57 Å². The van der Waals surface area contributed by atoms with Gasteiger partial charge in [-0.2, -0.15) is 0 Å². The summed E-state index contributed by atoms with van der Waals surface area (Å²) in [5.41, 5.74) is 1.25. The van der Waals surface area contributed by atoms with Gasteiger partial charge in [-0.05, 0) is 46.7 Å². The van der Waals surface area contributed by atoms with Crippen molar-refractivity contribution in [3.05, 3.63) is 45.9 Å².